The van der Waals surface area contributed by atoms with Crippen molar-refractivity contribution in [3.8, 4) is 0 Å². The van der Waals surface area contributed by atoms with Crippen LogP contribution in [0.2, 0.25) is 0 Å². The molecule has 0 unspecified atom stereocenters. The fraction of sp³-hybridized carbons (Fsp3) is 0.889. The van der Waals surface area contributed by atoms with Crippen molar-refractivity contribution in [2.75, 3.05) is 19.6 Å². The smallest absolute Gasteiger partial charge is 0.258 e. The van der Waals surface area contributed by atoms with Crippen molar-refractivity contribution in [3.05, 3.63) is 0 Å². The van der Waals surface area contributed by atoms with Gasteiger partial charge < -0.3 is 5.32 Å². The van der Waals surface area contributed by atoms with Crippen LogP contribution in [-0.4, -0.2) is 43.0 Å². The van der Waals surface area contributed by atoms with Crippen molar-refractivity contribution in [3.63, 3.8) is 0 Å². The number of carbonyl (C=O) groups excluding carboxylic acids is 1. The topological polar surface area (TPSA) is 66.5 Å². The number of nitrogens with one attached hydrogen (secondary N) is 1. The number of sulfonamides is 1. The SMILES string of the molecule is CCNCCCN1C(=O)C(C)(C)S1(=O)=O. The van der Waals surface area contributed by atoms with Crippen molar-refractivity contribution >= 4 is 15.9 Å². The molecule has 1 N–H and O–H groups in total. The molecule has 0 aromatic rings. The Bertz CT molecular complexity index is 348. The molecule has 5 nitrogen and oxygen atoms in total. The van der Waals surface area contributed by atoms with Gasteiger partial charge in [0.05, 0.1) is 0 Å². The van der Waals surface area contributed by atoms with Crippen molar-refractivity contribution in [1.82, 2.24) is 9.62 Å². The molecule has 1 fully saturated rings. The molecule has 0 saturated carbocycles. The van der Waals surface area contributed by atoms with E-state index in [2.05, 4.69) is 5.32 Å². The first kappa shape index (κ1) is 12.4. The number of amides is 1. The molecular weight excluding hydrogens is 216 g/mol. The highest BCUT2D eigenvalue weighted by molar-refractivity contribution is 7.94. The van der Waals surface area contributed by atoms with Gasteiger partial charge >= 0.3 is 0 Å². The molecule has 6 heteroatoms. The minimum atomic E-state index is -3.38. The zero-order valence-electron chi connectivity index (χ0n) is 9.41. The predicted octanol–water partition coefficient (Wildman–Crippen LogP) is -0.0634. The van der Waals surface area contributed by atoms with Crippen LogP contribution in [-0.2, 0) is 14.8 Å². The van der Waals surface area contributed by atoms with Crippen LogP contribution in [0.4, 0.5) is 0 Å². The van der Waals surface area contributed by atoms with Crippen LogP contribution in [0.1, 0.15) is 27.2 Å². The van der Waals surface area contributed by atoms with Crippen molar-refractivity contribution in [2.45, 2.75) is 31.9 Å². The molecular formula is C9H18N2O3S. The van der Waals surface area contributed by atoms with Gasteiger partial charge in [0.2, 0.25) is 0 Å². The fourth-order valence-corrected chi connectivity index (χ4v) is 3.07. The molecule has 0 atom stereocenters. The minimum Gasteiger partial charge on any atom is -0.317 e. The van der Waals surface area contributed by atoms with E-state index < -0.39 is 14.8 Å². The Balaban J connectivity index is 2.49. The highest BCUT2D eigenvalue weighted by Crippen LogP contribution is 2.34. The maximum absolute atomic E-state index is 11.6. The van der Waals surface area contributed by atoms with Crippen molar-refractivity contribution in [1.29, 1.82) is 0 Å². The summed E-state index contributed by atoms with van der Waals surface area (Å²) < 4.78 is 23.0. The summed E-state index contributed by atoms with van der Waals surface area (Å²) >= 11 is 0. The van der Waals surface area contributed by atoms with Crippen LogP contribution in [0.5, 0.6) is 0 Å². The van der Waals surface area contributed by atoms with Gasteiger partial charge in [-0.15, -0.1) is 0 Å². The predicted molar refractivity (Wildman–Crippen MR) is 57.9 cm³/mol. The molecule has 0 bridgehead atoms. The first-order chi connectivity index (χ1) is 6.85. The average Bonchev–Trinajstić information content (AvgIpc) is 2.16. The Hall–Kier alpha value is -0.620. The third-order valence-corrected chi connectivity index (χ3v) is 5.03. The van der Waals surface area contributed by atoms with E-state index in [1.54, 1.807) is 0 Å². The second-order valence-corrected chi connectivity index (χ2v) is 6.51. The lowest BCUT2D eigenvalue weighted by atomic mass is 10.2. The molecule has 1 aliphatic rings. The number of hydrogen-bond donors (Lipinski definition) is 1. The van der Waals surface area contributed by atoms with Gasteiger partial charge in [0.25, 0.3) is 15.9 Å². The largest absolute Gasteiger partial charge is 0.317 e. The van der Waals surface area contributed by atoms with E-state index in [1.807, 2.05) is 6.92 Å². The van der Waals surface area contributed by atoms with Gasteiger partial charge in [-0.2, -0.15) is 0 Å². The summed E-state index contributed by atoms with van der Waals surface area (Å²) in [5, 5.41) is 3.08. The second-order valence-electron chi connectivity index (χ2n) is 4.10. The maximum atomic E-state index is 11.6. The first-order valence-electron chi connectivity index (χ1n) is 5.13. The quantitative estimate of drug-likeness (QED) is 0.677. The van der Waals surface area contributed by atoms with Crippen LogP contribution in [0.15, 0.2) is 0 Å². The van der Waals surface area contributed by atoms with E-state index >= 15 is 0 Å². The molecule has 15 heavy (non-hydrogen) atoms. The molecule has 1 rings (SSSR count). The first-order valence-corrected chi connectivity index (χ1v) is 6.57. The summed E-state index contributed by atoms with van der Waals surface area (Å²) in [7, 11) is -3.38. The van der Waals surface area contributed by atoms with E-state index in [0.717, 1.165) is 17.4 Å². The molecule has 0 aromatic carbocycles. The zero-order valence-corrected chi connectivity index (χ0v) is 10.2. The summed E-state index contributed by atoms with van der Waals surface area (Å²) in [6, 6.07) is 0. The highest BCUT2D eigenvalue weighted by atomic mass is 32.2. The molecule has 1 heterocycles. The third-order valence-electron chi connectivity index (χ3n) is 2.64. The highest BCUT2D eigenvalue weighted by Gasteiger charge is 2.59. The van der Waals surface area contributed by atoms with Crippen molar-refractivity contribution in [2.24, 2.45) is 0 Å². The lowest BCUT2D eigenvalue weighted by Crippen LogP contribution is -2.67. The van der Waals surface area contributed by atoms with Gasteiger partial charge in [0.15, 0.2) is 4.75 Å². The van der Waals surface area contributed by atoms with Crippen LogP contribution >= 0.6 is 0 Å². The molecule has 1 amide bonds. The minimum absolute atomic E-state index is 0.289. The summed E-state index contributed by atoms with van der Waals surface area (Å²) in [5.74, 6) is -0.293. The Morgan fingerprint density at radius 1 is 1.40 bits per heavy atom. The number of carbonyl (C=O) groups is 1. The van der Waals surface area contributed by atoms with E-state index in [-0.39, 0.29) is 12.5 Å². The van der Waals surface area contributed by atoms with Crippen LogP contribution in [0, 0.1) is 0 Å². The molecule has 1 aliphatic heterocycles. The van der Waals surface area contributed by atoms with Gasteiger partial charge in [0, 0.05) is 6.54 Å². The van der Waals surface area contributed by atoms with Crippen LogP contribution in [0.3, 0.4) is 0 Å². The van der Waals surface area contributed by atoms with Crippen molar-refractivity contribution < 1.29 is 13.2 Å². The number of rotatable bonds is 5. The molecule has 0 spiro atoms. The molecule has 0 aromatic heterocycles. The Morgan fingerprint density at radius 2 is 2.00 bits per heavy atom. The van der Waals surface area contributed by atoms with E-state index in [0.29, 0.717) is 6.42 Å². The summed E-state index contributed by atoms with van der Waals surface area (Å²) in [4.78, 5) is 11.5. The Labute approximate surface area is 90.9 Å². The molecule has 1 saturated heterocycles. The van der Waals surface area contributed by atoms with Crippen LogP contribution < -0.4 is 5.32 Å². The second kappa shape index (κ2) is 4.09. The standard InChI is InChI=1S/C9H18N2O3S/c1-4-10-6-5-7-11-8(12)9(2,3)15(11,13)14/h10H,4-7H2,1-3H3. The van der Waals surface area contributed by atoms with Gasteiger partial charge in [-0.3, -0.25) is 4.79 Å². The normalized spacial score (nSPS) is 22.6. The van der Waals surface area contributed by atoms with Gasteiger partial charge in [-0.25, -0.2) is 12.7 Å². The summed E-state index contributed by atoms with van der Waals surface area (Å²) in [5.41, 5.74) is 0. The van der Waals surface area contributed by atoms with E-state index in [1.165, 1.54) is 13.8 Å². The lowest BCUT2D eigenvalue weighted by molar-refractivity contribution is -0.132. The van der Waals surface area contributed by atoms with E-state index in [9.17, 15) is 13.2 Å². The third kappa shape index (κ3) is 1.88. The van der Waals surface area contributed by atoms with Gasteiger partial charge in [0.1, 0.15) is 0 Å². The maximum Gasteiger partial charge on any atom is 0.258 e. The fourth-order valence-electron chi connectivity index (χ4n) is 1.50. The van der Waals surface area contributed by atoms with Gasteiger partial charge in [-0.1, -0.05) is 6.92 Å². The molecule has 0 radical (unpaired) electrons. The van der Waals surface area contributed by atoms with Gasteiger partial charge in [-0.05, 0) is 33.4 Å². The Morgan fingerprint density at radius 3 is 2.47 bits per heavy atom. The molecule has 88 valence electrons. The lowest BCUT2D eigenvalue weighted by Gasteiger charge is -2.43. The van der Waals surface area contributed by atoms with E-state index in [4.69, 9.17) is 0 Å². The Kier molecular flexibility index (Phi) is 3.40. The zero-order chi connectivity index (χ0) is 11.7. The number of hydrogen-bond acceptors (Lipinski definition) is 4. The summed E-state index contributed by atoms with van der Waals surface area (Å²) in [6.45, 7) is 6.76. The monoisotopic (exact) mass is 234 g/mol. The average molecular weight is 234 g/mol. The number of nitrogens with zero attached hydrogens (tertiary/aromatic N) is 1. The van der Waals surface area contributed by atoms with Crippen LogP contribution in [0.25, 0.3) is 0 Å². The summed E-state index contributed by atoms with van der Waals surface area (Å²) in [6.07, 6.45) is 0.662. The molecule has 0 aliphatic carbocycles.